The van der Waals surface area contributed by atoms with Gasteiger partial charge in [0.2, 0.25) is 11.9 Å². The highest BCUT2D eigenvalue weighted by atomic mass is 32.2. The molecular weight excluding hydrogens is 497 g/mol. The van der Waals surface area contributed by atoms with E-state index in [9.17, 15) is 21.6 Å². The molecule has 0 aliphatic rings. The number of aryl methyl sites for hydroxylation is 1. The Balaban J connectivity index is 1.68. The van der Waals surface area contributed by atoms with E-state index in [0.717, 1.165) is 0 Å². The Morgan fingerprint density at radius 2 is 1.55 bits per heavy atom. The lowest BCUT2D eigenvalue weighted by molar-refractivity contribution is 0.327. The predicted molar refractivity (Wildman–Crippen MR) is 121 cm³/mol. The SMILES string of the molecule is Cc1cc(Nc2nc(F)nc(Nc3ccc(S(=O)CCOS(=O)O)cc3)n2)ccc1S(=O)O. The number of rotatable bonds is 10. The fourth-order valence-electron chi connectivity index (χ4n) is 2.63. The van der Waals surface area contributed by atoms with Gasteiger partial charge in [-0.2, -0.15) is 23.6 Å². The second-order valence-corrected chi connectivity index (χ2v) is 9.52. The molecular formula is C18H18FN5O6S3. The van der Waals surface area contributed by atoms with Crippen molar-refractivity contribution in [3.8, 4) is 0 Å². The second-order valence-electron chi connectivity index (χ2n) is 6.34. The molecule has 0 aliphatic carbocycles. The van der Waals surface area contributed by atoms with Crippen molar-refractivity contribution in [1.29, 1.82) is 0 Å². The molecule has 1 heterocycles. The summed E-state index contributed by atoms with van der Waals surface area (Å²) in [6, 6.07) is 10.9. The largest absolute Gasteiger partial charge is 0.324 e. The first-order valence-electron chi connectivity index (χ1n) is 9.11. The highest BCUT2D eigenvalue weighted by molar-refractivity contribution is 7.85. The normalized spacial score (nSPS) is 13.8. The van der Waals surface area contributed by atoms with Crippen molar-refractivity contribution >= 4 is 56.5 Å². The molecule has 2 aromatic carbocycles. The molecule has 3 aromatic rings. The molecule has 33 heavy (non-hydrogen) atoms. The Labute approximate surface area is 195 Å². The summed E-state index contributed by atoms with van der Waals surface area (Å²) in [6.45, 7) is 1.52. The first-order valence-corrected chi connectivity index (χ1v) is 12.6. The molecule has 4 N–H and O–H groups in total. The van der Waals surface area contributed by atoms with Gasteiger partial charge in [-0.15, -0.1) is 0 Å². The number of benzene rings is 2. The highest BCUT2D eigenvalue weighted by Crippen LogP contribution is 2.21. The van der Waals surface area contributed by atoms with Gasteiger partial charge in [-0.05, 0) is 55.0 Å². The van der Waals surface area contributed by atoms with Gasteiger partial charge >= 0.3 is 17.4 Å². The maximum absolute atomic E-state index is 13.9. The Morgan fingerprint density at radius 3 is 2.12 bits per heavy atom. The van der Waals surface area contributed by atoms with Gasteiger partial charge in [0.1, 0.15) is 0 Å². The predicted octanol–water partition coefficient (Wildman–Crippen LogP) is 2.65. The van der Waals surface area contributed by atoms with Gasteiger partial charge < -0.3 is 15.2 Å². The van der Waals surface area contributed by atoms with Crippen molar-refractivity contribution in [1.82, 2.24) is 15.0 Å². The van der Waals surface area contributed by atoms with Gasteiger partial charge in [0.05, 0.1) is 28.1 Å². The van der Waals surface area contributed by atoms with Crippen molar-refractivity contribution in [3.63, 3.8) is 0 Å². The van der Waals surface area contributed by atoms with E-state index >= 15 is 0 Å². The summed E-state index contributed by atoms with van der Waals surface area (Å²) in [6.07, 6.45) is -1.03. The summed E-state index contributed by atoms with van der Waals surface area (Å²) in [4.78, 5) is 12.0. The molecule has 0 spiro atoms. The lowest BCUT2D eigenvalue weighted by atomic mass is 10.2. The van der Waals surface area contributed by atoms with Crippen molar-refractivity contribution < 1.29 is 30.3 Å². The van der Waals surface area contributed by atoms with Crippen molar-refractivity contribution in [2.45, 2.75) is 16.7 Å². The molecule has 0 aliphatic heterocycles. The minimum Gasteiger partial charge on any atom is -0.324 e. The summed E-state index contributed by atoms with van der Waals surface area (Å²) < 4.78 is 70.0. The van der Waals surface area contributed by atoms with Crippen LogP contribution < -0.4 is 10.6 Å². The quantitative estimate of drug-likeness (QED) is 0.293. The summed E-state index contributed by atoms with van der Waals surface area (Å²) in [5.74, 6) is -0.120. The smallest absolute Gasteiger partial charge is 0.315 e. The summed E-state index contributed by atoms with van der Waals surface area (Å²) in [5, 5.41) is 5.63. The fourth-order valence-corrected chi connectivity index (χ4v) is 4.39. The molecule has 11 nitrogen and oxygen atoms in total. The van der Waals surface area contributed by atoms with Crippen molar-refractivity contribution in [3.05, 3.63) is 54.1 Å². The van der Waals surface area contributed by atoms with Crippen LogP contribution in [-0.2, 0) is 37.4 Å². The zero-order chi connectivity index (χ0) is 24.0. The maximum atomic E-state index is 13.9. The third-order valence-electron chi connectivity index (χ3n) is 4.05. The average Bonchev–Trinajstić information content (AvgIpc) is 2.73. The molecule has 0 bridgehead atoms. The third kappa shape index (κ3) is 7.41. The minimum atomic E-state index is -2.41. The number of aromatic nitrogens is 3. The van der Waals surface area contributed by atoms with E-state index < -0.39 is 39.3 Å². The van der Waals surface area contributed by atoms with E-state index in [0.29, 0.717) is 21.8 Å². The minimum absolute atomic E-state index is 0.0431. The Bertz CT molecular complexity index is 1210. The summed E-state index contributed by atoms with van der Waals surface area (Å²) in [5.41, 5.74) is 1.53. The molecule has 1 aromatic heterocycles. The van der Waals surface area contributed by atoms with Crippen LogP contribution in [0.25, 0.3) is 0 Å². The van der Waals surface area contributed by atoms with Crippen LogP contribution in [0.2, 0.25) is 0 Å². The third-order valence-corrected chi connectivity index (χ3v) is 6.59. The van der Waals surface area contributed by atoms with E-state index in [1.54, 1.807) is 37.3 Å². The Hall–Kier alpha value is -2.69. The standard InChI is InChI=1S/C18H18FN5O6S3/c1-11-10-13(4-7-15(11)32(26)27)21-18-23-16(19)22-17(24-18)20-12-2-5-14(6-3-12)31(25)9-8-30-33(28)29/h2-7,10H,8-9H2,1H3,(H,26,27)(H,28,29)(H2,20,21,22,23,24). The van der Waals surface area contributed by atoms with Crippen LogP contribution in [0, 0.1) is 13.0 Å². The number of hydrogen-bond donors (Lipinski definition) is 4. The first-order chi connectivity index (χ1) is 15.7. The van der Waals surface area contributed by atoms with Gasteiger partial charge in [0, 0.05) is 16.3 Å². The monoisotopic (exact) mass is 515 g/mol. The van der Waals surface area contributed by atoms with Crippen LogP contribution in [0.1, 0.15) is 5.56 Å². The molecule has 3 atom stereocenters. The van der Waals surface area contributed by atoms with Crippen LogP contribution in [0.4, 0.5) is 27.7 Å². The van der Waals surface area contributed by atoms with E-state index in [1.807, 2.05) is 0 Å². The van der Waals surface area contributed by atoms with Crippen molar-refractivity contribution in [2.24, 2.45) is 0 Å². The van der Waals surface area contributed by atoms with Gasteiger partial charge in [-0.1, -0.05) is 0 Å². The van der Waals surface area contributed by atoms with E-state index in [1.165, 1.54) is 12.1 Å². The summed E-state index contributed by atoms with van der Waals surface area (Å²) in [7, 11) is -1.44. The lowest BCUT2D eigenvalue weighted by Gasteiger charge is -2.10. The molecule has 176 valence electrons. The van der Waals surface area contributed by atoms with Crippen LogP contribution in [0.15, 0.2) is 52.3 Å². The van der Waals surface area contributed by atoms with Crippen LogP contribution in [0.3, 0.4) is 0 Å². The highest BCUT2D eigenvalue weighted by Gasteiger charge is 2.10. The molecule has 15 heteroatoms. The van der Waals surface area contributed by atoms with Crippen LogP contribution in [-0.4, -0.2) is 49.0 Å². The molecule has 0 saturated heterocycles. The molecule has 0 saturated carbocycles. The maximum Gasteiger partial charge on any atom is 0.315 e. The second kappa shape index (κ2) is 11.4. The molecule has 3 rings (SSSR count). The number of halogens is 1. The zero-order valence-electron chi connectivity index (χ0n) is 16.9. The number of nitrogens with one attached hydrogen (secondary N) is 2. The zero-order valence-corrected chi connectivity index (χ0v) is 19.4. The average molecular weight is 516 g/mol. The van der Waals surface area contributed by atoms with Crippen LogP contribution in [0.5, 0.6) is 0 Å². The lowest BCUT2D eigenvalue weighted by Crippen LogP contribution is -2.08. The molecule has 0 fully saturated rings. The fraction of sp³-hybridized carbons (Fsp3) is 0.167. The molecule has 0 amide bonds. The van der Waals surface area contributed by atoms with E-state index in [2.05, 4.69) is 29.8 Å². The van der Waals surface area contributed by atoms with Gasteiger partial charge in [0.15, 0.2) is 11.1 Å². The van der Waals surface area contributed by atoms with Gasteiger partial charge in [-0.25, -0.2) is 4.21 Å². The van der Waals surface area contributed by atoms with Gasteiger partial charge in [0.25, 0.3) is 0 Å². The summed E-state index contributed by atoms with van der Waals surface area (Å²) >= 11 is -4.53. The molecule has 3 unspecified atom stereocenters. The molecule has 0 radical (unpaired) electrons. The van der Waals surface area contributed by atoms with Crippen molar-refractivity contribution in [2.75, 3.05) is 23.0 Å². The first kappa shape index (κ1) is 24.9. The van der Waals surface area contributed by atoms with Gasteiger partial charge in [-0.3, -0.25) is 12.9 Å². The Morgan fingerprint density at radius 1 is 0.939 bits per heavy atom. The number of hydrogen-bond acceptors (Lipinski definition) is 9. The van der Waals surface area contributed by atoms with E-state index in [-0.39, 0.29) is 29.2 Å². The van der Waals surface area contributed by atoms with Crippen LogP contribution >= 0.6 is 0 Å². The number of anilines is 4. The van der Waals surface area contributed by atoms with E-state index in [4.69, 9.17) is 4.55 Å². The Kier molecular flexibility index (Phi) is 8.65. The topological polar surface area (TPSA) is 164 Å². The number of nitrogens with zero attached hydrogens (tertiary/aromatic N) is 3.